The van der Waals surface area contributed by atoms with Crippen LogP contribution in [0.25, 0.3) is 0 Å². The van der Waals surface area contributed by atoms with Crippen molar-refractivity contribution < 1.29 is 9.53 Å². The molecule has 3 rings (SSSR count). The summed E-state index contributed by atoms with van der Waals surface area (Å²) < 4.78 is 7.25. The van der Waals surface area contributed by atoms with Gasteiger partial charge in [-0.1, -0.05) is 12.1 Å². The highest BCUT2D eigenvalue weighted by molar-refractivity contribution is 7.10. The van der Waals surface area contributed by atoms with E-state index in [0.29, 0.717) is 6.42 Å². The SMILES string of the molecule is COc1cccc(NC(=O)C[C@H](c2cccs2)n2cccc2)c1. The number of amides is 1. The van der Waals surface area contributed by atoms with E-state index >= 15 is 0 Å². The van der Waals surface area contributed by atoms with Crippen molar-refractivity contribution in [1.29, 1.82) is 0 Å². The zero-order chi connectivity index (χ0) is 16.1. The number of nitrogens with zero attached hydrogens (tertiary/aromatic N) is 1. The third-order valence-corrected chi connectivity index (χ3v) is 4.56. The van der Waals surface area contributed by atoms with Crippen LogP contribution in [0.4, 0.5) is 5.69 Å². The maximum absolute atomic E-state index is 12.5. The lowest BCUT2D eigenvalue weighted by molar-refractivity contribution is -0.116. The molecule has 0 spiro atoms. The molecular formula is C18H18N2O2S. The molecular weight excluding hydrogens is 308 g/mol. The van der Waals surface area contributed by atoms with Crippen LogP contribution in [0, 0.1) is 0 Å². The van der Waals surface area contributed by atoms with Crippen molar-refractivity contribution in [3.63, 3.8) is 0 Å². The van der Waals surface area contributed by atoms with Gasteiger partial charge in [0.1, 0.15) is 5.75 Å². The van der Waals surface area contributed by atoms with Crippen LogP contribution >= 0.6 is 11.3 Å². The van der Waals surface area contributed by atoms with Crippen LogP contribution in [0.5, 0.6) is 5.75 Å². The number of benzene rings is 1. The molecule has 0 aliphatic carbocycles. The topological polar surface area (TPSA) is 43.3 Å². The summed E-state index contributed by atoms with van der Waals surface area (Å²) in [7, 11) is 1.61. The van der Waals surface area contributed by atoms with Gasteiger partial charge in [0, 0.05) is 29.0 Å². The number of methoxy groups -OCH3 is 1. The Hall–Kier alpha value is -2.53. The highest BCUT2D eigenvalue weighted by Gasteiger charge is 2.18. The molecule has 1 amide bonds. The van der Waals surface area contributed by atoms with Crippen molar-refractivity contribution in [3.8, 4) is 5.75 Å². The van der Waals surface area contributed by atoms with E-state index in [0.717, 1.165) is 11.4 Å². The Bertz CT molecular complexity index is 717. The molecule has 1 aromatic carbocycles. The molecule has 1 atom stereocenters. The number of nitrogens with one attached hydrogen (secondary N) is 1. The summed E-state index contributed by atoms with van der Waals surface area (Å²) >= 11 is 1.66. The molecule has 118 valence electrons. The summed E-state index contributed by atoms with van der Waals surface area (Å²) in [6, 6.07) is 15.4. The molecule has 5 heteroatoms. The first-order valence-electron chi connectivity index (χ1n) is 7.36. The average Bonchev–Trinajstić information content (AvgIpc) is 3.26. The third kappa shape index (κ3) is 3.81. The van der Waals surface area contributed by atoms with Crippen molar-refractivity contribution in [3.05, 3.63) is 71.2 Å². The van der Waals surface area contributed by atoms with Gasteiger partial charge in [-0.3, -0.25) is 4.79 Å². The Morgan fingerprint density at radius 3 is 2.74 bits per heavy atom. The van der Waals surface area contributed by atoms with Crippen LogP contribution in [-0.4, -0.2) is 17.6 Å². The number of thiophene rings is 1. The molecule has 0 saturated heterocycles. The second-order valence-electron chi connectivity index (χ2n) is 5.15. The van der Waals surface area contributed by atoms with Gasteiger partial charge in [-0.05, 0) is 35.7 Å². The fourth-order valence-electron chi connectivity index (χ4n) is 2.48. The van der Waals surface area contributed by atoms with Gasteiger partial charge in [-0.15, -0.1) is 11.3 Å². The fourth-order valence-corrected chi connectivity index (χ4v) is 3.31. The number of carbonyl (C=O) groups is 1. The van der Waals surface area contributed by atoms with Gasteiger partial charge in [-0.25, -0.2) is 0 Å². The van der Waals surface area contributed by atoms with Crippen LogP contribution < -0.4 is 10.1 Å². The van der Waals surface area contributed by atoms with E-state index in [-0.39, 0.29) is 11.9 Å². The standard InChI is InChI=1S/C18H18N2O2S/c1-22-15-7-4-6-14(12-15)19-18(21)13-16(17-8-5-11-23-17)20-9-2-3-10-20/h2-12,16H,13H2,1H3,(H,19,21)/t16-/m1/s1. The van der Waals surface area contributed by atoms with Crippen LogP contribution in [0.1, 0.15) is 17.3 Å². The molecule has 2 heterocycles. The number of anilines is 1. The van der Waals surface area contributed by atoms with Crippen LogP contribution in [0.3, 0.4) is 0 Å². The average molecular weight is 326 g/mol. The summed E-state index contributed by atoms with van der Waals surface area (Å²) in [6.07, 6.45) is 4.36. The van der Waals surface area contributed by atoms with E-state index < -0.39 is 0 Å². The molecule has 0 saturated carbocycles. The molecule has 0 radical (unpaired) electrons. The number of hydrogen-bond donors (Lipinski definition) is 1. The predicted molar refractivity (Wildman–Crippen MR) is 93.1 cm³/mol. The van der Waals surface area contributed by atoms with Gasteiger partial charge < -0.3 is 14.6 Å². The smallest absolute Gasteiger partial charge is 0.226 e. The molecule has 0 unspecified atom stereocenters. The molecule has 4 nitrogen and oxygen atoms in total. The van der Waals surface area contributed by atoms with Gasteiger partial charge in [-0.2, -0.15) is 0 Å². The lowest BCUT2D eigenvalue weighted by Crippen LogP contribution is -2.19. The Kier molecular flexibility index (Phi) is 4.78. The molecule has 0 bridgehead atoms. The van der Waals surface area contributed by atoms with Gasteiger partial charge >= 0.3 is 0 Å². The van der Waals surface area contributed by atoms with Crippen molar-refractivity contribution in [2.45, 2.75) is 12.5 Å². The lowest BCUT2D eigenvalue weighted by Gasteiger charge is -2.17. The highest BCUT2D eigenvalue weighted by Crippen LogP contribution is 2.27. The first-order valence-corrected chi connectivity index (χ1v) is 8.24. The Labute approximate surface area is 139 Å². The minimum absolute atomic E-state index is 0.00982. The normalized spacial score (nSPS) is 11.9. The fraction of sp³-hybridized carbons (Fsp3) is 0.167. The van der Waals surface area contributed by atoms with Gasteiger partial charge in [0.05, 0.1) is 19.6 Å². The number of aromatic nitrogens is 1. The van der Waals surface area contributed by atoms with E-state index in [9.17, 15) is 4.79 Å². The summed E-state index contributed by atoms with van der Waals surface area (Å²) in [5, 5.41) is 4.98. The molecule has 23 heavy (non-hydrogen) atoms. The molecule has 0 fully saturated rings. The Balaban J connectivity index is 1.73. The van der Waals surface area contributed by atoms with E-state index in [1.807, 2.05) is 60.2 Å². The minimum Gasteiger partial charge on any atom is -0.497 e. The van der Waals surface area contributed by atoms with Crippen LogP contribution in [0.2, 0.25) is 0 Å². The van der Waals surface area contributed by atoms with Crippen molar-refractivity contribution in [2.75, 3.05) is 12.4 Å². The first-order chi connectivity index (χ1) is 11.3. The van der Waals surface area contributed by atoms with Crippen molar-refractivity contribution >= 4 is 22.9 Å². The van der Waals surface area contributed by atoms with Crippen LogP contribution in [-0.2, 0) is 4.79 Å². The van der Waals surface area contributed by atoms with Crippen LogP contribution in [0.15, 0.2) is 66.3 Å². The summed E-state index contributed by atoms with van der Waals surface area (Å²) in [5.41, 5.74) is 0.742. The number of carbonyl (C=O) groups excluding carboxylic acids is 1. The first kappa shape index (κ1) is 15.4. The lowest BCUT2D eigenvalue weighted by atomic mass is 10.1. The second kappa shape index (κ2) is 7.15. The second-order valence-corrected chi connectivity index (χ2v) is 6.13. The Morgan fingerprint density at radius 1 is 1.22 bits per heavy atom. The van der Waals surface area contributed by atoms with Gasteiger partial charge in [0.25, 0.3) is 0 Å². The third-order valence-electron chi connectivity index (χ3n) is 3.59. The zero-order valence-corrected chi connectivity index (χ0v) is 13.6. The molecule has 2 aromatic heterocycles. The van der Waals surface area contributed by atoms with Crippen molar-refractivity contribution in [2.24, 2.45) is 0 Å². The largest absolute Gasteiger partial charge is 0.497 e. The quantitative estimate of drug-likeness (QED) is 0.738. The van der Waals surface area contributed by atoms with Gasteiger partial charge in [0.15, 0.2) is 0 Å². The summed E-state index contributed by atoms with van der Waals surface area (Å²) in [6.45, 7) is 0. The van der Waals surface area contributed by atoms with Crippen molar-refractivity contribution in [1.82, 2.24) is 4.57 Å². The maximum atomic E-state index is 12.5. The molecule has 0 aliphatic heterocycles. The van der Waals surface area contributed by atoms with E-state index in [2.05, 4.69) is 16.0 Å². The zero-order valence-electron chi connectivity index (χ0n) is 12.8. The summed E-state index contributed by atoms with van der Waals surface area (Å²) in [4.78, 5) is 13.6. The summed E-state index contributed by atoms with van der Waals surface area (Å²) in [5.74, 6) is 0.702. The molecule has 1 N–H and O–H groups in total. The van der Waals surface area contributed by atoms with E-state index in [4.69, 9.17) is 4.74 Å². The number of ether oxygens (including phenoxy) is 1. The predicted octanol–water partition coefficient (Wildman–Crippen LogP) is 4.18. The number of hydrogen-bond acceptors (Lipinski definition) is 3. The minimum atomic E-state index is -0.0228. The monoisotopic (exact) mass is 326 g/mol. The molecule has 3 aromatic rings. The van der Waals surface area contributed by atoms with Gasteiger partial charge in [0.2, 0.25) is 5.91 Å². The number of rotatable bonds is 6. The maximum Gasteiger partial charge on any atom is 0.226 e. The van der Waals surface area contributed by atoms with E-state index in [1.165, 1.54) is 4.88 Å². The van der Waals surface area contributed by atoms with E-state index in [1.54, 1.807) is 18.4 Å². The Morgan fingerprint density at radius 2 is 2.04 bits per heavy atom. The highest BCUT2D eigenvalue weighted by atomic mass is 32.1. The molecule has 0 aliphatic rings.